The number of halogens is 5. The lowest BCUT2D eigenvalue weighted by Gasteiger charge is -2.22. The second kappa shape index (κ2) is 4.68. The number of hydrogen-bond donors (Lipinski definition) is 1. The van der Waals surface area contributed by atoms with Gasteiger partial charge in [0.15, 0.2) is 0 Å². The van der Waals surface area contributed by atoms with Crippen molar-refractivity contribution in [3.63, 3.8) is 0 Å². The number of benzene rings is 1. The van der Waals surface area contributed by atoms with Crippen LogP contribution in [-0.4, -0.2) is 29.6 Å². The van der Waals surface area contributed by atoms with Crippen molar-refractivity contribution in [1.29, 1.82) is 0 Å². The average molecular weight is 308 g/mol. The van der Waals surface area contributed by atoms with Crippen LogP contribution in [0.3, 0.4) is 0 Å². The summed E-state index contributed by atoms with van der Waals surface area (Å²) in [6.07, 6.45) is -4.77. The first-order valence-corrected chi connectivity index (χ1v) is 5.70. The molecule has 9 heteroatoms. The number of nitrogens with zero attached hydrogens (tertiary/aromatic N) is 1. The highest BCUT2D eigenvalue weighted by Crippen LogP contribution is 2.31. The molecule has 4 nitrogen and oxygen atoms in total. The van der Waals surface area contributed by atoms with E-state index < -0.39 is 41.8 Å². The molecule has 0 bridgehead atoms. The van der Waals surface area contributed by atoms with Crippen LogP contribution in [0.25, 0.3) is 0 Å². The number of urea groups is 1. The highest BCUT2D eigenvalue weighted by atomic mass is 19.4. The van der Waals surface area contributed by atoms with E-state index in [1.165, 1.54) is 0 Å². The van der Waals surface area contributed by atoms with Crippen molar-refractivity contribution in [2.24, 2.45) is 0 Å². The monoisotopic (exact) mass is 308 g/mol. The predicted molar refractivity (Wildman–Crippen MR) is 60.0 cm³/mol. The lowest BCUT2D eigenvalue weighted by atomic mass is 9.92. The van der Waals surface area contributed by atoms with Crippen LogP contribution < -0.4 is 5.32 Å². The molecule has 114 valence electrons. The molecule has 0 saturated carbocycles. The maximum atomic E-state index is 13.2. The molecule has 1 N–H and O–H groups in total. The Balaban J connectivity index is 2.40. The standard InChI is InChI=1S/C12H9F5N2O2/c1-11(6-2-7(13)4-8(14)3-6)9(20)19(10(21)18-11)5-12(15,16)17/h2-4H,5H2,1H3,(H,18,21). The molecule has 0 aromatic heterocycles. The van der Waals surface area contributed by atoms with Gasteiger partial charge in [-0.15, -0.1) is 0 Å². The molecule has 2 rings (SSSR count). The molecule has 1 aromatic rings. The first kappa shape index (κ1) is 15.2. The molecular weight excluding hydrogens is 299 g/mol. The van der Waals surface area contributed by atoms with Crippen molar-refractivity contribution in [3.8, 4) is 0 Å². The molecule has 0 radical (unpaired) electrons. The quantitative estimate of drug-likeness (QED) is 0.673. The second-order valence-electron chi connectivity index (χ2n) is 4.72. The minimum absolute atomic E-state index is 0.0389. The van der Waals surface area contributed by atoms with Gasteiger partial charge >= 0.3 is 12.2 Å². The van der Waals surface area contributed by atoms with Crippen molar-refractivity contribution in [1.82, 2.24) is 10.2 Å². The third-order valence-corrected chi connectivity index (χ3v) is 3.05. The highest BCUT2D eigenvalue weighted by Gasteiger charge is 2.52. The zero-order chi connectivity index (χ0) is 16.0. The molecule has 1 atom stereocenters. The number of rotatable bonds is 2. The van der Waals surface area contributed by atoms with E-state index in [1.54, 1.807) is 0 Å². The van der Waals surface area contributed by atoms with E-state index in [9.17, 15) is 31.5 Å². The first-order valence-electron chi connectivity index (χ1n) is 5.70. The lowest BCUT2D eigenvalue weighted by molar-refractivity contribution is -0.154. The lowest BCUT2D eigenvalue weighted by Crippen LogP contribution is -2.42. The fourth-order valence-corrected chi connectivity index (χ4v) is 2.06. The first-order chi connectivity index (χ1) is 9.53. The van der Waals surface area contributed by atoms with Gasteiger partial charge < -0.3 is 5.32 Å². The number of carbonyl (C=O) groups excluding carboxylic acids is 2. The topological polar surface area (TPSA) is 49.4 Å². The molecule has 0 aliphatic carbocycles. The number of imide groups is 1. The van der Waals surface area contributed by atoms with Gasteiger partial charge in [0.05, 0.1) is 0 Å². The second-order valence-corrected chi connectivity index (χ2v) is 4.72. The van der Waals surface area contributed by atoms with Crippen LogP contribution in [0.4, 0.5) is 26.7 Å². The Bertz CT molecular complexity index is 596. The van der Waals surface area contributed by atoms with Crippen molar-refractivity contribution in [3.05, 3.63) is 35.4 Å². The van der Waals surface area contributed by atoms with Gasteiger partial charge in [0.1, 0.15) is 23.7 Å². The smallest absolute Gasteiger partial charge is 0.319 e. The third-order valence-electron chi connectivity index (χ3n) is 3.05. The Morgan fingerprint density at radius 1 is 1.14 bits per heavy atom. The van der Waals surface area contributed by atoms with Crippen molar-refractivity contribution in [2.75, 3.05) is 6.54 Å². The maximum Gasteiger partial charge on any atom is 0.406 e. The van der Waals surface area contributed by atoms with Gasteiger partial charge in [0.25, 0.3) is 5.91 Å². The molecule has 1 heterocycles. The van der Waals surface area contributed by atoms with E-state index in [0.29, 0.717) is 6.07 Å². The predicted octanol–water partition coefficient (Wildman–Crippen LogP) is 2.29. The molecular formula is C12H9F5N2O2. The summed E-state index contributed by atoms with van der Waals surface area (Å²) < 4.78 is 63.4. The number of nitrogens with one attached hydrogen (secondary N) is 1. The van der Waals surface area contributed by atoms with Gasteiger partial charge in [-0.05, 0) is 24.6 Å². The summed E-state index contributed by atoms with van der Waals surface area (Å²) >= 11 is 0. The van der Waals surface area contributed by atoms with Crippen molar-refractivity contribution < 1.29 is 31.5 Å². The molecule has 1 fully saturated rings. The largest absolute Gasteiger partial charge is 0.406 e. The van der Waals surface area contributed by atoms with E-state index in [1.807, 2.05) is 5.32 Å². The van der Waals surface area contributed by atoms with E-state index in [4.69, 9.17) is 0 Å². The molecule has 1 saturated heterocycles. The maximum absolute atomic E-state index is 13.2. The summed E-state index contributed by atoms with van der Waals surface area (Å²) in [7, 11) is 0. The Morgan fingerprint density at radius 2 is 1.67 bits per heavy atom. The molecule has 1 aliphatic rings. The fourth-order valence-electron chi connectivity index (χ4n) is 2.06. The summed E-state index contributed by atoms with van der Waals surface area (Å²) in [5, 5.41) is 2.03. The molecule has 1 aliphatic heterocycles. The van der Waals surface area contributed by atoms with Gasteiger partial charge in [-0.1, -0.05) is 0 Å². The van der Waals surface area contributed by atoms with Crippen LogP contribution in [0.2, 0.25) is 0 Å². The van der Waals surface area contributed by atoms with Gasteiger partial charge in [-0.25, -0.2) is 13.6 Å². The van der Waals surface area contributed by atoms with Crippen molar-refractivity contribution >= 4 is 11.9 Å². The molecule has 1 aromatic carbocycles. The minimum Gasteiger partial charge on any atom is -0.319 e. The molecule has 21 heavy (non-hydrogen) atoms. The van der Waals surface area contributed by atoms with E-state index in [-0.39, 0.29) is 10.5 Å². The number of hydrogen-bond acceptors (Lipinski definition) is 2. The van der Waals surface area contributed by atoms with Gasteiger partial charge in [0, 0.05) is 6.07 Å². The third kappa shape index (κ3) is 2.81. The highest BCUT2D eigenvalue weighted by molar-refractivity contribution is 6.07. The molecule has 0 spiro atoms. The minimum atomic E-state index is -4.77. The summed E-state index contributed by atoms with van der Waals surface area (Å²) in [6.45, 7) is -0.692. The summed E-state index contributed by atoms with van der Waals surface area (Å²) in [6, 6.07) is 0.822. The van der Waals surface area contributed by atoms with Crippen LogP contribution in [0.5, 0.6) is 0 Å². The summed E-state index contributed by atoms with van der Waals surface area (Å²) in [5.74, 6) is -3.25. The van der Waals surface area contributed by atoms with E-state index >= 15 is 0 Å². The number of alkyl halides is 3. The zero-order valence-electron chi connectivity index (χ0n) is 10.6. The molecule has 1 unspecified atom stereocenters. The Kier molecular flexibility index (Phi) is 3.38. The molecule has 3 amide bonds. The van der Waals surface area contributed by atoms with Crippen LogP contribution in [-0.2, 0) is 10.3 Å². The summed E-state index contributed by atoms with van der Waals surface area (Å²) in [4.78, 5) is 23.5. The van der Waals surface area contributed by atoms with Crippen LogP contribution in [0.1, 0.15) is 12.5 Å². The zero-order valence-corrected chi connectivity index (χ0v) is 10.6. The normalized spacial score (nSPS) is 22.7. The van der Waals surface area contributed by atoms with Gasteiger partial charge in [-0.3, -0.25) is 9.69 Å². The summed E-state index contributed by atoms with van der Waals surface area (Å²) in [5.41, 5.74) is -2.23. The Labute approximate surface area is 115 Å². The number of carbonyl (C=O) groups is 2. The average Bonchev–Trinajstić information content (AvgIpc) is 2.51. The van der Waals surface area contributed by atoms with Crippen LogP contribution in [0, 0.1) is 11.6 Å². The Morgan fingerprint density at radius 3 is 2.14 bits per heavy atom. The van der Waals surface area contributed by atoms with Crippen molar-refractivity contribution in [2.45, 2.75) is 18.6 Å². The van der Waals surface area contributed by atoms with E-state index in [0.717, 1.165) is 19.1 Å². The fraction of sp³-hybridized carbons (Fsp3) is 0.333. The SMILES string of the molecule is CC1(c2cc(F)cc(F)c2)NC(=O)N(CC(F)(F)F)C1=O. The van der Waals surface area contributed by atoms with Crippen LogP contribution in [0.15, 0.2) is 18.2 Å². The van der Waals surface area contributed by atoms with Crippen LogP contribution >= 0.6 is 0 Å². The Hall–Kier alpha value is -2.19. The number of amides is 3. The van der Waals surface area contributed by atoms with E-state index in [2.05, 4.69) is 0 Å². The van der Waals surface area contributed by atoms with Gasteiger partial charge in [-0.2, -0.15) is 13.2 Å². The van der Waals surface area contributed by atoms with Gasteiger partial charge in [0.2, 0.25) is 0 Å².